The number of nitrogens with zero attached hydrogens (tertiary/aromatic N) is 3. The summed E-state index contributed by atoms with van der Waals surface area (Å²) in [6.45, 7) is 3.90. The Kier molecular flexibility index (Phi) is 8.57. The number of carbonyl (C=O) groups excluding carboxylic acids is 1. The standard InChI is InChI=1S/C24H24N4O5S2/c1-16(2)15-35(30,31)24-27-23(34-28-24)26-22(29)19(13-25)11-18-9-10-20(21(12-18)32-3)33-14-17-7-5-4-6-8-17/h4-12,16H,14-15H2,1-3H3,(H,26,27,28,29). The van der Waals surface area contributed by atoms with Gasteiger partial charge in [0.1, 0.15) is 18.2 Å². The summed E-state index contributed by atoms with van der Waals surface area (Å²) in [5.74, 6) is 0.0199. The molecule has 0 spiro atoms. The van der Waals surface area contributed by atoms with Gasteiger partial charge in [-0.25, -0.2) is 8.42 Å². The summed E-state index contributed by atoms with van der Waals surface area (Å²) < 4.78 is 39.6. The molecule has 1 aromatic heterocycles. The highest BCUT2D eigenvalue weighted by Crippen LogP contribution is 2.30. The fourth-order valence-corrected chi connectivity index (χ4v) is 5.36. The van der Waals surface area contributed by atoms with E-state index in [0.717, 1.165) is 17.1 Å². The zero-order valence-corrected chi connectivity index (χ0v) is 21.0. The first-order valence-electron chi connectivity index (χ1n) is 10.6. The topological polar surface area (TPSA) is 131 Å². The van der Waals surface area contributed by atoms with E-state index in [0.29, 0.717) is 23.7 Å². The number of carbonyl (C=O) groups is 1. The maximum atomic E-state index is 12.6. The summed E-state index contributed by atoms with van der Waals surface area (Å²) in [4.78, 5) is 16.5. The van der Waals surface area contributed by atoms with Crippen molar-refractivity contribution in [1.29, 1.82) is 5.26 Å². The number of rotatable bonds is 10. The number of hydrogen-bond donors (Lipinski definition) is 1. The van der Waals surface area contributed by atoms with Gasteiger partial charge in [-0.05, 0) is 35.3 Å². The fourth-order valence-electron chi connectivity index (χ4n) is 3.01. The summed E-state index contributed by atoms with van der Waals surface area (Å²) >= 11 is 0.732. The van der Waals surface area contributed by atoms with Gasteiger partial charge in [-0.15, -0.1) is 0 Å². The summed E-state index contributed by atoms with van der Waals surface area (Å²) in [5.41, 5.74) is 1.34. The van der Waals surface area contributed by atoms with Crippen LogP contribution >= 0.6 is 11.5 Å². The molecule has 0 radical (unpaired) electrons. The van der Waals surface area contributed by atoms with Gasteiger partial charge in [0.05, 0.1) is 12.9 Å². The van der Waals surface area contributed by atoms with Crippen LogP contribution in [-0.4, -0.2) is 36.5 Å². The number of aromatic nitrogens is 2. The van der Waals surface area contributed by atoms with Crippen LogP contribution in [0, 0.1) is 17.2 Å². The van der Waals surface area contributed by atoms with Crippen LogP contribution in [0.5, 0.6) is 11.5 Å². The van der Waals surface area contributed by atoms with E-state index >= 15 is 0 Å². The lowest BCUT2D eigenvalue weighted by Gasteiger charge is -2.11. The summed E-state index contributed by atoms with van der Waals surface area (Å²) in [7, 11) is -2.16. The van der Waals surface area contributed by atoms with Gasteiger partial charge < -0.3 is 9.47 Å². The van der Waals surface area contributed by atoms with Crippen molar-refractivity contribution in [3.63, 3.8) is 0 Å². The van der Waals surface area contributed by atoms with Gasteiger partial charge in [0, 0.05) is 11.5 Å². The zero-order valence-electron chi connectivity index (χ0n) is 19.4. The Hall–Kier alpha value is -3.75. The number of nitriles is 1. The van der Waals surface area contributed by atoms with E-state index in [1.165, 1.54) is 13.2 Å². The highest BCUT2D eigenvalue weighted by atomic mass is 32.2. The number of nitrogens with one attached hydrogen (secondary N) is 1. The van der Waals surface area contributed by atoms with Gasteiger partial charge in [-0.3, -0.25) is 10.1 Å². The second kappa shape index (κ2) is 11.6. The van der Waals surface area contributed by atoms with E-state index in [1.807, 2.05) is 36.4 Å². The summed E-state index contributed by atoms with van der Waals surface area (Å²) in [6, 6.07) is 16.5. The third kappa shape index (κ3) is 7.11. The average molecular weight is 513 g/mol. The predicted molar refractivity (Wildman–Crippen MR) is 133 cm³/mol. The molecule has 1 N–H and O–H groups in total. The second-order valence-corrected chi connectivity index (χ2v) is 10.5. The molecule has 1 amide bonds. The van der Waals surface area contributed by atoms with Gasteiger partial charge >= 0.3 is 0 Å². The smallest absolute Gasteiger partial charge is 0.268 e. The van der Waals surface area contributed by atoms with Gasteiger partial charge in [0.15, 0.2) is 11.5 Å². The molecule has 11 heteroatoms. The van der Waals surface area contributed by atoms with E-state index < -0.39 is 15.7 Å². The van der Waals surface area contributed by atoms with Crippen LogP contribution in [0.4, 0.5) is 5.13 Å². The Labute approximate surface area is 208 Å². The third-order valence-corrected chi connectivity index (χ3v) is 7.15. The Morgan fingerprint density at radius 3 is 2.60 bits per heavy atom. The number of hydrogen-bond acceptors (Lipinski definition) is 9. The normalized spacial score (nSPS) is 11.7. The molecular formula is C24H24N4O5S2. The molecule has 0 saturated carbocycles. The van der Waals surface area contributed by atoms with Crippen molar-refractivity contribution in [2.45, 2.75) is 25.6 Å². The van der Waals surface area contributed by atoms with E-state index in [4.69, 9.17) is 9.47 Å². The molecule has 182 valence electrons. The van der Waals surface area contributed by atoms with Crippen LogP contribution in [0.2, 0.25) is 0 Å². The molecule has 0 aliphatic rings. The quantitative estimate of drug-likeness (QED) is 0.317. The summed E-state index contributed by atoms with van der Waals surface area (Å²) in [6.07, 6.45) is 1.39. The molecular weight excluding hydrogens is 488 g/mol. The molecule has 0 fully saturated rings. The van der Waals surface area contributed by atoms with Crippen molar-refractivity contribution >= 4 is 38.5 Å². The van der Waals surface area contributed by atoms with E-state index in [1.54, 1.807) is 32.0 Å². The predicted octanol–water partition coefficient (Wildman–Crippen LogP) is 4.10. The number of anilines is 1. The van der Waals surface area contributed by atoms with Crippen LogP contribution in [0.3, 0.4) is 0 Å². The van der Waals surface area contributed by atoms with Gasteiger partial charge in [0.2, 0.25) is 15.0 Å². The minimum atomic E-state index is -3.65. The van der Waals surface area contributed by atoms with E-state index in [-0.39, 0.29) is 27.5 Å². The molecule has 0 aliphatic carbocycles. The fraction of sp³-hybridized carbons (Fsp3) is 0.250. The van der Waals surface area contributed by atoms with E-state index in [9.17, 15) is 18.5 Å². The molecule has 0 unspecified atom stereocenters. The van der Waals surface area contributed by atoms with Gasteiger partial charge in [0.25, 0.3) is 11.1 Å². The Morgan fingerprint density at radius 1 is 1.20 bits per heavy atom. The lowest BCUT2D eigenvalue weighted by molar-refractivity contribution is -0.112. The molecule has 2 aromatic carbocycles. The first-order chi connectivity index (χ1) is 16.7. The number of ether oxygens (including phenoxy) is 2. The SMILES string of the molecule is COc1cc(C=C(C#N)C(=O)Nc2nc(S(=O)(=O)CC(C)C)ns2)ccc1OCc1ccccc1. The lowest BCUT2D eigenvalue weighted by Crippen LogP contribution is -2.15. The average Bonchev–Trinajstić information content (AvgIpc) is 3.30. The number of sulfone groups is 1. The maximum Gasteiger partial charge on any atom is 0.268 e. The third-order valence-electron chi connectivity index (χ3n) is 4.56. The molecule has 3 aromatic rings. The zero-order chi connectivity index (χ0) is 25.4. The molecule has 3 rings (SSSR count). The van der Waals surface area contributed by atoms with Crippen molar-refractivity contribution in [3.8, 4) is 17.6 Å². The van der Waals surface area contributed by atoms with Crippen molar-refractivity contribution in [1.82, 2.24) is 9.36 Å². The number of benzene rings is 2. The highest BCUT2D eigenvalue weighted by Gasteiger charge is 2.23. The van der Waals surface area contributed by atoms with Crippen molar-refractivity contribution in [2.75, 3.05) is 18.2 Å². The Bertz CT molecular complexity index is 1360. The maximum absolute atomic E-state index is 12.6. The van der Waals surface area contributed by atoms with Gasteiger partial charge in [-0.1, -0.05) is 50.2 Å². The molecule has 1 heterocycles. The van der Waals surface area contributed by atoms with E-state index in [2.05, 4.69) is 14.7 Å². The van der Waals surface area contributed by atoms with Gasteiger partial charge in [-0.2, -0.15) is 14.6 Å². The first kappa shape index (κ1) is 25.9. The highest BCUT2D eigenvalue weighted by molar-refractivity contribution is 7.91. The lowest BCUT2D eigenvalue weighted by atomic mass is 10.1. The van der Waals surface area contributed by atoms with Crippen LogP contribution in [-0.2, 0) is 21.2 Å². The minimum absolute atomic E-state index is 0.0132. The summed E-state index contributed by atoms with van der Waals surface area (Å²) in [5, 5.41) is 11.6. The largest absolute Gasteiger partial charge is 0.493 e. The molecule has 9 nitrogen and oxygen atoms in total. The van der Waals surface area contributed by atoms with Crippen LogP contribution in [0.15, 0.2) is 59.3 Å². The number of amides is 1. The number of methoxy groups -OCH3 is 1. The molecule has 0 aliphatic heterocycles. The van der Waals surface area contributed by atoms with Crippen LogP contribution in [0.1, 0.15) is 25.0 Å². The van der Waals surface area contributed by atoms with Crippen LogP contribution < -0.4 is 14.8 Å². The Morgan fingerprint density at radius 2 is 1.94 bits per heavy atom. The van der Waals surface area contributed by atoms with Crippen LogP contribution in [0.25, 0.3) is 6.08 Å². The Balaban J connectivity index is 1.73. The molecule has 0 saturated heterocycles. The minimum Gasteiger partial charge on any atom is -0.493 e. The molecule has 0 atom stereocenters. The second-order valence-electron chi connectivity index (χ2n) is 7.87. The van der Waals surface area contributed by atoms with Crippen molar-refractivity contribution in [3.05, 3.63) is 65.2 Å². The molecule has 35 heavy (non-hydrogen) atoms. The molecule has 0 bridgehead atoms. The van der Waals surface area contributed by atoms with Crippen molar-refractivity contribution in [2.24, 2.45) is 5.92 Å². The monoisotopic (exact) mass is 512 g/mol. The van der Waals surface area contributed by atoms with Crippen molar-refractivity contribution < 1.29 is 22.7 Å². The first-order valence-corrected chi connectivity index (χ1v) is 13.0.